The van der Waals surface area contributed by atoms with Crippen LogP contribution in [0, 0.1) is 11.7 Å². The summed E-state index contributed by atoms with van der Waals surface area (Å²) in [5.41, 5.74) is 0.750. The van der Waals surface area contributed by atoms with E-state index in [4.69, 9.17) is 0 Å². The summed E-state index contributed by atoms with van der Waals surface area (Å²) in [6.45, 7) is 1.34. The van der Waals surface area contributed by atoms with E-state index in [1.54, 1.807) is 12.1 Å². The van der Waals surface area contributed by atoms with E-state index in [2.05, 4.69) is 5.32 Å². The fraction of sp³-hybridized carbons (Fsp3) is 0.611. The summed E-state index contributed by atoms with van der Waals surface area (Å²) in [5, 5.41) is 13.6. The first-order chi connectivity index (χ1) is 11.1. The molecule has 126 valence electrons. The summed E-state index contributed by atoms with van der Waals surface area (Å²) >= 11 is 0. The number of halogens is 1. The van der Waals surface area contributed by atoms with Gasteiger partial charge in [0.15, 0.2) is 0 Å². The average molecular weight is 320 g/mol. The molecule has 4 nitrogen and oxygen atoms in total. The number of piperidine rings is 1. The number of carbonyl (C=O) groups is 1. The molecule has 2 N–H and O–H groups in total. The number of nitrogens with one attached hydrogen (secondary N) is 1. The summed E-state index contributed by atoms with van der Waals surface area (Å²) < 4.78 is 13.0. The van der Waals surface area contributed by atoms with E-state index >= 15 is 0 Å². The highest BCUT2D eigenvalue weighted by atomic mass is 19.1. The van der Waals surface area contributed by atoms with Crippen LogP contribution in [0.5, 0.6) is 0 Å². The molecule has 0 spiro atoms. The molecule has 1 aromatic rings. The number of rotatable bonds is 3. The SMILES string of the molecule is O=C(NC1CCCC1)N1CCC(C(O)c2ccc(F)cc2)CC1. The fourth-order valence-electron chi connectivity index (χ4n) is 3.69. The maximum atomic E-state index is 13.0. The summed E-state index contributed by atoms with van der Waals surface area (Å²) in [5.74, 6) is -0.171. The molecule has 0 radical (unpaired) electrons. The minimum absolute atomic E-state index is 0.0339. The number of nitrogens with zero attached hydrogens (tertiary/aromatic N) is 1. The number of carbonyl (C=O) groups excluding carboxylic acids is 1. The van der Waals surface area contributed by atoms with Gasteiger partial charge in [-0.15, -0.1) is 0 Å². The van der Waals surface area contributed by atoms with Crippen LogP contribution in [0.25, 0.3) is 0 Å². The number of likely N-dealkylation sites (tertiary alicyclic amines) is 1. The van der Waals surface area contributed by atoms with Gasteiger partial charge < -0.3 is 15.3 Å². The maximum absolute atomic E-state index is 13.0. The standard InChI is InChI=1S/C18H25FN2O2/c19-15-7-5-13(6-8-15)17(22)14-9-11-21(12-10-14)18(23)20-16-3-1-2-4-16/h5-8,14,16-17,22H,1-4,9-12H2,(H,20,23). The van der Waals surface area contributed by atoms with Gasteiger partial charge in [0, 0.05) is 19.1 Å². The maximum Gasteiger partial charge on any atom is 0.317 e. The number of urea groups is 1. The van der Waals surface area contributed by atoms with E-state index in [9.17, 15) is 14.3 Å². The third-order valence-electron chi connectivity index (χ3n) is 5.17. The van der Waals surface area contributed by atoms with Gasteiger partial charge in [0.25, 0.3) is 0 Å². The van der Waals surface area contributed by atoms with Gasteiger partial charge in [-0.25, -0.2) is 9.18 Å². The molecule has 0 aromatic heterocycles. The van der Waals surface area contributed by atoms with E-state index in [-0.39, 0.29) is 17.8 Å². The van der Waals surface area contributed by atoms with Gasteiger partial charge in [-0.1, -0.05) is 25.0 Å². The molecule has 1 aliphatic heterocycles. The van der Waals surface area contributed by atoms with Crippen LogP contribution in [-0.2, 0) is 0 Å². The average Bonchev–Trinajstić information content (AvgIpc) is 3.08. The lowest BCUT2D eigenvalue weighted by Gasteiger charge is -2.35. The van der Waals surface area contributed by atoms with Crippen molar-refractivity contribution in [2.75, 3.05) is 13.1 Å². The third-order valence-corrected chi connectivity index (χ3v) is 5.17. The molecule has 2 fully saturated rings. The molecule has 2 aliphatic rings. The number of hydrogen-bond donors (Lipinski definition) is 2. The van der Waals surface area contributed by atoms with E-state index < -0.39 is 6.10 Å². The number of amides is 2. The summed E-state index contributed by atoms with van der Waals surface area (Å²) in [6.07, 6.45) is 5.55. The summed E-state index contributed by atoms with van der Waals surface area (Å²) in [7, 11) is 0. The Bertz CT molecular complexity index is 520. The van der Waals surface area contributed by atoms with Gasteiger partial charge in [0.05, 0.1) is 6.10 Å². The molecular weight excluding hydrogens is 295 g/mol. The second-order valence-corrected chi connectivity index (χ2v) is 6.75. The molecule has 1 unspecified atom stereocenters. The van der Waals surface area contributed by atoms with Crippen molar-refractivity contribution >= 4 is 6.03 Å². The monoisotopic (exact) mass is 320 g/mol. The second-order valence-electron chi connectivity index (χ2n) is 6.75. The van der Waals surface area contributed by atoms with Crippen LogP contribution < -0.4 is 5.32 Å². The molecule has 0 bridgehead atoms. The first-order valence-corrected chi connectivity index (χ1v) is 8.62. The highest BCUT2D eigenvalue weighted by Crippen LogP contribution is 2.31. The Hall–Kier alpha value is -1.62. The fourth-order valence-corrected chi connectivity index (χ4v) is 3.69. The normalized spacial score (nSPS) is 21.4. The molecule has 1 saturated heterocycles. The van der Waals surface area contributed by atoms with Gasteiger partial charge >= 0.3 is 6.03 Å². The van der Waals surface area contributed by atoms with Gasteiger partial charge in [0.1, 0.15) is 5.82 Å². The van der Waals surface area contributed by atoms with Crippen LogP contribution in [0.2, 0.25) is 0 Å². The zero-order chi connectivity index (χ0) is 16.2. The molecule has 3 rings (SSSR count). The molecule has 1 saturated carbocycles. The topological polar surface area (TPSA) is 52.6 Å². The Morgan fingerprint density at radius 3 is 2.35 bits per heavy atom. The molecule has 23 heavy (non-hydrogen) atoms. The Balaban J connectivity index is 1.49. The number of aliphatic hydroxyl groups is 1. The van der Waals surface area contributed by atoms with Gasteiger partial charge in [-0.2, -0.15) is 0 Å². The van der Waals surface area contributed by atoms with Crippen molar-refractivity contribution in [1.82, 2.24) is 10.2 Å². The third kappa shape index (κ3) is 4.02. The van der Waals surface area contributed by atoms with E-state index in [1.165, 1.54) is 25.0 Å². The van der Waals surface area contributed by atoms with Crippen LogP contribution >= 0.6 is 0 Å². The van der Waals surface area contributed by atoms with Crippen molar-refractivity contribution in [3.8, 4) is 0 Å². The van der Waals surface area contributed by atoms with Gasteiger partial charge in [-0.05, 0) is 49.3 Å². The van der Waals surface area contributed by atoms with E-state index in [0.717, 1.165) is 31.2 Å². The van der Waals surface area contributed by atoms with Crippen LogP contribution in [0.15, 0.2) is 24.3 Å². The van der Waals surface area contributed by atoms with Gasteiger partial charge in [0.2, 0.25) is 0 Å². The predicted molar refractivity (Wildman–Crippen MR) is 86.4 cm³/mol. The molecular formula is C18H25FN2O2. The highest BCUT2D eigenvalue weighted by molar-refractivity contribution is 5.74. The molecule has 1 heterocycles. The van der Waals surface area contributed by atoms with Crippen LogP contribution in [-0.4, -0.2) is 35.2 Å². The number of benzene rings is 1. The zero-order valence-corrected chi connectivity index (χ0v) is 13.4. The van der Waals surface area contributed by atoms with Crippen LogP contribution in [0.1, 0.15) is 50.2 Å². The number of aliphatic hydroxyl groups excluding tert-OH is 1. The smallest absolute Gasteiger partial charge is 0.317 e. The van der Waals surface area contributed by atoms with Crippen molar-refractivity contribution in [3.63, 3.8) is 0 Å². The quantitative estimate of drug-likeness (QED) is 0.898. The molecule has 1 aliphatic carbocycles. The van der Waals surface area contributed by atoms with E-state index in [0.29, 0.717) is 19.1 Å². The Morgan fingerprint density at radius 2 is 1.74 bits per heavy atom. The first kappa shape index (κ1) is 16.2. The minimum atomic E-state index is -0.587. The zero-order valence-electron chi connectivity index (χ0n) is 13.4. The summed E-state index contributed by atoms with van der Waals surface area (Å²) in [4.78, 5) is 14.1. The lowest BCUT2D eigenvalue weighted by molar-refractivity contribution is 0.0661. The van der Waals surface area contributed by atoms with Crippen LogP contribution in [0.4, 0.5) is 9.18 Å². The van der Waals surface area contributed by atoms with Crippen molar-refractivity contribution in [1.29, 1.82) is 0 Å². The highest BCUT2D eigenvalue weighted by Gasteiger charge is 2.29. The Labute approximate surface area is 136 Å². The van der Waals surface area contributed by atoms with Crippen molar-refractivity contribution in [3.05, 3.63) is 35.6 Å². The lowest BCUT2D eigenvalue weighted by Crippen LogP contribution is -2.47. The molecule has 5 heteroatoms. The minimum Gasteiger partial charge on any atom is -0.388 e. The lowest BCUT2D eigenvalue weighted by atomic mass is 9.87. The van der Waals surface area contributed by atoms with Crippen LogP contribution in [0.3, 0.4) is 0 Å². The van der Waals surface area contributed by atoms with Crippen molar-refractivity contribution in [2.45, 2.75) is 50.7 Å². The predicted octanol–water partition coefficient (Wildman–Crippen LogP) is 3.22. The van der Waals surface area contributed by atoms with E-state index in [1.807, 2.05) is 4.90 Å². The largest absolute Gasteiger partial charge is 0.388 e. The Morgan fingerprint density at radius 1 is 1.13 bits per heavy atom. The second kappa shape index (κ2) is 7.30. The first-order valence-electron chi connectivity index (χ1n) is 8.62. The molecule has 1 atom stereocenters. The molecule has 2 amide bonds. The Kier molecular flexibility index (Phi) is 5.16. The summed E-state index contributed by atoms with van der Waals surface area (Å²) in [6, 6.07) is 6.40. The molecule has 1 aromatic carbocycles. The van der Waals surface area contributed by atoms with Gasteiger partial charge in [-0.3, -0.25) is 0 Å². The van der Waals surface area contributed by atoms with Crippen molar-refractivity contribution < 1.29 is 14.3 Å². The number of hydrogen-bond acceptors (Lipinski definition) is 2. The van der Waals surface area contributed by atoms with Crippen molar-refractivity contribution in [2.24, 2.45) is 5.92 Å².